The molecule has 134 valence electrons. The monoisotopic (exact) mass is 343 g/mol. The van der Waals surface area contributed by atoms with Crippen LogP contribution >= 0.6 is 0 Å². The maximum atomic E-state index is 12.3. The molecule has 1 saturated heterocycles. The normalized spacial score (nSPS) is 18.2. The van der Waals surface area contributed by atoms with E-state index in [4.69, 9.17) is 4.74 Å². The minimum Gasteiger partial charge on any atom is -0.371 e. The number of aryl methyl sites for hydroxylation is 2. The van der Waals surface area contributed by atoms with Crippen molar-refractivity contribution >= 4 is 11.6 Å². The molecule has 1 amide bonds. The fourth-order valence-electron chi connectivity index (χ4n) is 3.09. The van der Waals surface area contributed by atoms with E-state index in [0.717, 1.165) is 43.0 Å². The van der Waals surface area contributed by atoms with Gasteiger partial charge >= 0.3 is 0 Å². The van der Waals surface area contributed by atoms with Crippen LogP contribution in [0.4, 0.5) is 5.69 Å². The zero-order chi connectivity index (χ0) is 17.6. The Morgan fingerprint density at radius 3 is 3.04 bits per heavy atom. The molecule has 2 aromatic rings. The molecule has 25 heavy (non-hydrogen) atoms. The van der Waals surface area contributed by atoms with Gasteiger partial charge in [0.05, 0.1) is 36.3 Å². The number of amides is 1. The number of piperidine rings is 1. The van der Waals surface area contributed by atoms with Crippen LogP contribution in [0.2, 0.25) is 0 Å². The van der Waals surface area contributed by atoms with Gasteiger partial charge < -0.3 is 10.1 Å². The molecular weight excluding hydrogens is 318 g/mol. The Kier molecular flexibility index (Phi) is 5.78. The van der Waals surface area contributed by atoms with Gasteiger partial charge in [0.2, 0.25) is 5.91 Å². The minimum atomic E-state index is -0.0125. The van der Waals surface area contributed by atoms with Gasteiger partial charge in [0.15, 0.2) is 0 Å². The van der Waals surface area contributed by atoms with Gasteiger partial charge in [0, 0.05) is 26.0 Å². The highest BCUT2D eigenvalue weighted by atomic mass is 16.5. The molecule has 7 heteroatoms. The molecule has 1 atom stereocenters. The third kappa shape index (κ3) is 5.11. The van der Waals surface area contributed by atoms with E-state index < -0.39 is 0 Å². The second kappa shape index (κ2) is 8.22. The second-order valence-corrected chi connectivity index (χ2v) is 6.48. The van der Waals surface area contributed by atoms with Gasteiger partial charge in [-0.3, -0.25) is 19.4 Å². The molecule has 0 saturated carbocycles. The molecule has 1 fully saturated rings. The van der Waals surface area contributed by atoms with Gasteiger partial charge in [-0.05, 0) is 38.4 Å². The van der Waals surface area contributed by atoms with E-state index in [0.29, 0.717) is 13.2 Å². The molecule has 0 aromatic carbocycles. The summed E-state index contributed by atoms with van der Waals surface area (Å²) in [7, 11) is 1.84. The van der Waals surface area contributed by atoms with Crippen LogP contribution in [0.1, 0.15) is 24.2 Å². The van der Waals surface area contributed by atoms with E-state index in [1.807, 2.05) is 38.4 Å². The van der Waals surface area contributed by atoms with Crippen molar-refractivity contribution in [1.82, 2.24) is 19.7 Å². The van der Waals surface area contributed by atoms with Crippen molar-refractivity contribution in [2.75, 3.05) is 25.0 Å². The van der Waals surface area contributed by atoms with Crippen LogP contribution in [-0.2, 0) is 23.2 Å². The highest BCUT2D eigenvalue weighted by Crippen LogP contribution is 2.16. The summed E-state index contributed by atoms with van der Waals surface area (Å²) in [5.41, 5.74) is 2.53. The number of hydrogen-bond donors (Lipinski definition) is 1. The first-order valence-corrected chi connectivity index (χ1v) is 8.64. The highest BCUT2D eigenvalue weighted by Gasteiger charge is 2.22. The number of carbonyl (C=O) groups is 1. The van der Waals surface area contributed by atoms with Crippen molar-refractivity contribution in [1.29, 1.82) is 0 Å². The molecular formula is C18H25N5O2. The molecule has 0 spiro atoms. The Morgan fingerprint density at radius 2 is 2.32 bits per heavy atom. The number of rotatable bonds is 6. The Hall–Kier alpha value is -2.25. The number of anilines is 1. The van der Waals surface area contributed by atoms with Gasteiger partial charge in [-0.15, -0.1) is 0 Å². The molecule has 0 radical (unpaired) electrons. The molecule has 3 rings (SSSR count). The lowest BCUT2D eigenvalue weighted by atomic mass is 10.1. The van der Waals surface area contributed by atoms with E-state index in [1.165, 1.54) is 0 Å². The van der Waals surface area contributed by atoms with Gasteiger partial charge in [0.25, 0.3) is 0 Å². The van der Waals surface area contributed by atoms with Crippen LogP contribution in [0.3, 0.4) is 0 Å². The maximum absolute atomic E-state index is 12.3. The van der Waals surface area contributed by atoms with Crippen LogP contribution in [-0.4, -0.2) is 51.3 Å². The van der Waals surface area contributed by atoms with Gasteiger partial charge in [-0.2, -0.15) is 5.10 Å². The zero-order valence-electron chi connectivity index (χ0n) is 14.8. The standard InChI is InChI=1S/C18H25N5O2/c1-14-17(11-22(2)21-14)20-18(24)12-23-9-5-7-16(10-23)25-13-15-6-3-4-8-19-15/h3-4,6,8,11,16H,5,7,9-10,12-13H2,1-2H3,(H,20,24). The lowest BCUT2D eigenvalue weighted by molar-refractivity contribution is -0.118. The summed E-state index contributed by atoms with van der Waals surface area (Å²) in [5.74, 6) is -0.0125. The minimum absolute atomic E-state index is 0.0125. The molecule has 2 aromatic heterocycles. The second-order valence-electron chi connectivity index (χ2n) is 6.48. The fourth-order valence-corrected chi connectivity index (χ4v) is 3.09. The number of ether oxygens (including phenoxy) is 1. The molecule has 0 bridgehead atoms. The van der Waals surface area contributed by atoms with E-state index in [-0.39, 0.29) is 12.0 Å². The number of likely N-dealkylation sites (tertiary alicyclic amines) is 1. The summed E-state index contributed by atoms with van der Waals surface area (Å²) >= 11 is 0. The summed E-state index contributed by atoms with van der Waals surface area (Å²) in [6, 6.07) is 5.82. The largest absolute Gasteiger partial charge is 0.371 e. The van der Waals surface area contributed by atoms with Crippen LogP contribution in [0.15, 0.2) is 30.6 Å². The van der Waals surface area contributed by atoms with E-state index in [1.54, 1.807) is 10.9 Å². The first-order chi connectivity index (χ1) is 12.1. The molecule has 1 unspecified atom stereocenters. The number of nitrogens with one attached hydrogen (secondary N) is 1. The van der Waals surface area contributed by atoms with E-state index >= 15 is 0 Å². The SMILES string of the molecule is Cc1nn(C)cc1NC(=O)CN1CCCC(OCc2ccccn2)C1. The molecule has 0 aliphatic carbocycles. The van der Waals surface area contributed by atoms with Gasteiger partial charge in [-0.1, -0.05) is 6.07 Å². The Bertz CT molecular complexity index is 701. The smallest absolute Gasteiger partial charge is 0.238 e. The average Bonchev–Trinajstić information content (AvgIpc) is 2.91. The van der Waals surface area contributed by atoms with Crippen molar-refractivity contribution in [3.05, 3.63) is 42.0 Å². The third-order valence-corrected chi connectivity index (χ3v) is 4.31. The Morgan fingerprint density at radius 1 is 1.44 bits per heavy atom. The highest BCUT2D eigenvalue weighted by molar-refractivity contribution is 5.92. The quantitative estimate of drug-likeness (QED) is 0.865. The topological polar surface area (TPSA) is 72.3 Å². The Balaban J connectivity index is 1.46. The number of pyridine rings is 1. The van der Waals surface area contributed by atoms with Crippen LogP contribution in [0.25, 0.3) is 0 Å². The number of hydrogen-bond acceptors (Lipinski definition) is 5. The van der Waals surface area contributed by atoms with E-state index in [2.05, 4.69) is 20.3 Å². The van der Waals surface area contributed by atoms with Crippen LogP contribution in [0, 0.1) is 6.92 Å². The van der Waals surface area contributed by atoms with Crippen molar-refractivity contribution < 1.29 is 9.53 Å². The first-order valence-electron chi connectivity index (χ1n) is 8.64. The predicted octanol–water partition coefficient (Wildman–Crippen LogP) is 1.74. The van der Waals surface area contributed by atoms with Gasteiger partial charge in [-0.25, -0.2) is 0 Å². The molecule has 1 N–H and O–H groups in total. The Labute approximate surface area is 148 Å². The summed E-state index contributed by atoms with van der Waals surface area (Å²) < 4.78 is 7.67. The first kappa shape index (κ1) is 17.6. The van der Waals surface area contributed by atoms with Crippen molar-refractivity contribution in [3.8, 4) is 0 Å². The molecule has 1 aliphatic heterocycles. The zero-order valence-corrected chi connectivity index (χ0v) is 14.8. The van der Waals surface area contributed by atoms with Gasteiger partial charge in [0.1, 0.15) is 0 Å². The summed E-state index contributed by atoms with van der Waals surface area (Å²) in [6.45, 7) is 4.46. The molecule has 7 nitrogen and oxygen atoms in total. The lowest BCUT2D eigenvalue weighted by Crippen LogP contribution is -2.43. The van der Waals surface area contributed by atoms with Crippen LogP contribution < -0.4 is 5.32 Å². The summed E-state index contributed by atoms with van der Waals surface area (Å²) in [6.07, 6.45) is 5.79. The molecule has 1 aliphatic rings. The number of nitrogens with zero attached hydrogens (tertiary/aromatic N) is 4. The van der Waals surface area contributed by atoms with Crippen LogP contribution in [0.5, 0.6) is 0 Å². The fraction of sp³-hybridized carbons (Fsp3) is 0.500. The summed E-state index contributed by atoms with van der Waals surface area (Å²) in [5, 5.41) is 7.17. The van der Waals surface area contributed by atoms with Crippen molar-refractivity contribution in [2.24, 2.45) is 7.05 Å². The number of carbonyl (C=O) groups excluding carboxylic acids is 1. The lowest BCUT2D eigenvalue weighted by Gasteiger charge is -2.32. The average molecular weight is 343 g/mol. The summed E-state index contributed by atoms with van der Waals surface area (Å²) in [4.78, 5) is 18.7. The molecule has 3 heterocycles. The third-order valence-electron chi connectivity index (χ3n) is 4.31. The van der Waals surface area contributed by atoms with Crippen molar-refractivity contribution in [3.63, 3.8) is 0 Å². The number of aromatic nitrogens is 3. The predicted molar refractivity (Wildman–Crippen MR) is 95.1 cm³/mol. The maximum Gasteiger partial charge on any atom is 0.238 e. The van der Waals surface area contributed by atoms with E-state index in [9.17, 15) is 4.79 Å². The van der Waals surface area contributed by atoms with Crippen molar-refractivity contribution in [2.45, 2.75) is 32.5 Å².